The molecule has 0 aromatic carbocycles. The highest BCUT2D eigenvalue weighted by atomic mass is 35.5. The van der Waals surface area contributed by atoms with E-state index in [-0.39, 0.29) is 12.4 Å². The van der Waals surface area contributed by atoms with E-state index in [0.717, 1.165) is 6.42 Å². The largest absolute Gasteiger partial charge is 1.00 e. The van der Waals surface area contributed by atoms with Crippen molar-refractivity contribution in [2.45, 2.75) is 129 Å². The van der Waals surface area contributed by atoms with Gasteiger partial charge in [-0.2, -0.15) is 0 Å². The zero-order valence-corrected chi connectivity index (χ0v) is 20.7. The summed E-state index contributed by atoms with van der Waals surface area (Å²) in [4.78, 5) is 0. The highest BCUT2D eigenvalue weighted by Crippen LogP contribution is 2.22. The maximum atomic E-state index is 10.5. The van der Waals surface area contributed by atoms with Crippen molar-refractivity contribution in [3.8, 4) is 0 Å². The maximum absolute atomic E-state index is 10.5. The van der Waals surface area contributed by atoms with Gasteiger partial charge in [-0.15, -0.1) is 0 Å². The van der Waals surface area contributed by atoms with E-state index in [1.165, 1.54) is 96.3 Å². The molecule has 0 radical (unpaired) electrons. The summed E-state index contributed by atoms with van der Waals surface area (Å²) in [6.45, 7) is 4.93. The fraction of sp³-hybridized carbons (Fsp3) is 1.00. The fourth-order valence-electron chi connectivity index (χ4n) is 3.66. The average molecular weight is 422 g/mol. The van der Waals surface area contributed by atoms with Gasteiger partial charge < -0.3 is 22.3 Å². The van der Waals surface area contributed by atoms with Crippen molar-refractivity contribution >= 4 is 0 Å². The van der Waals surface area contributed by atoms with Crippen molar-refractivity contribution < 1.29 is 26.7 Å². The van der Waals surface area contributed by atoms with Gasteiger partial charge in [0.2, 0.25) is 0 Å². The molecule has 0 aromatic heterocycles. The molecule has 1 unspecified atom stereocenters. The summed E-state index contributed by atoms with van der Waals surface area (Å²) in [7, 11) is 5.95. The molecule has 0 aromatic rings. The average Bonchev–Trinajstić information content (AvgIpc) is 2.63. The summed E-state index contributed by atoms with van der Waals surface area (Å²) >= 11 is 0. The number of hydrogen-bond acceptors (Lipinski definition) is 2. The van der Waals surface area contributed by atoms with Gasteiger partial charge in [0.25, 0.3) is 0 Å². The van der Waals surface area contributed by atoms with E-state index in [4.69, 9.17) is 4.74 Å². The van der Waals surface area contributed by atoms with Crippen molar-refractivity contribution in [1.82, 2.24) is 0 Å². The normalized spacial score (nSPS) is 13.9. The molecule has 172 valence electrons. The third-order valence-corrected chi connectivity index (χ3v) is 5.84. The molecule has 0 rings (SSSR count). The number of ether oxygens (including phenoxy) is 1. The number of halogens is 1. The molecular weight excluding hydrogens is 370 g/mol. The lowest BCUT2D eigenvalue weighted by atomic mass is 10.0. The Hall–Kier alpha value is 0.170. The van der Waals surface area contributed by atoms with E-state index in [9.17, 15) is 5.11 Å². The number of unbranched alkanes of at least 4 members (excludes halogenated alkanes) is 15. The molecule has 0 saturated carbocycles. The van der Waals surface area contributed by atoms with Gasteiger partial charge in [-0.1, -0.05) is 110 Å². The van der Waals surface area contributed by atoms with Crippen LogP contribution in [0.1, 0.15) is 123 Å². The Morgan fingerprint density at radius 3 is 1.21 bits per heavy atom. The lowest BCUT2D eigenvalue weighted by molar-refractivity contribution is -0.980. The standard InChI is InChI=1S/C24H52NO2.ClH/c1-6-8-9-10-11-12-13-14-15-16-17-18-19-20-21-22-23-27-24(26,7-2)25(3,4)5;/h26H,6-23H2,1-5H3;1H/q+1;/p-1. The van der Waals surface area contributed by atoms with E-state index in [2.05, 4.69) is 6.92 Å². The Morgan fingerprint density at radius 1 is 0.607 bits per heavy atom. The van der Waals surface area contributed by atoms with Crippen molar-refractivity contribution in [3.05, 3.63) is 0 Å². The van der Waals surface area contributed by atoms with Crippen LogP contribution in [0.4, 0.5) is 0 Å². The first-order valence-electron chi connectivity index (χ1n) is 12.0. The third kappa shape index (κ3) is 16.0. The molecule has 0 aliphatic heterocycles. The van der Waals surface area contributed by atoms with Crippen LogP contribution in [0, 0.1) is 0 Å². The summed E-state index contributed by atoms with van der Waals surface area (Å²) in [5.74, 6) is -1.05. The SMILES string of the molecule is CCCCCCCCCCCCCCCCCCOC(O)(CC)[N+](C)(C)C.[Cl-]. The van der Waals surface area contributed by atoms with Crippen molar-refractivity contribution in [3.63, 3.8) is 0 Å². The summed E-state index contributed by atoms with van der Waals surface area (Å²) < 4.78 is 6.22. The second kappa shape index (κ2) is 19.2. The second-order valence-corrected chi connectivity index (χ2v) is 9.26. The van der Waals surface area contributed by atoms with Gasteiger partial charge in [0, 0.05) is 0 Å². The quantitative estimate of drug-likeness (QED) is 0.183. The molecule has 0 aliphatic carbocycles. The third-order valence-electron chi connectivity index (χ3n) is 5.84. The van der Waals surface area contributed by atoms with Crippen LogP contribution in [-0.4, -0.2) is 43.3 Å². The van der Waals surface area contributed by atoms with Crippen LogP contribution in [0.25, 0.3) is 0 Å². The first kappa shape index (κ1) is 30.4. The Morgan fingerprint density at radius 2 is 0.929 bits per heavy atom. The number of rotatable bonds is 20. The molecule has 1 N–H and O–H groups in total. The van der Waals surface area contributed by atoms with E-state index in [1.54, 1.807) is 0 Å². The minimum absolute atomic E-state index is 0. The highest BCUT2D eigenvalue weighted by Gasteiger charge is 2.40. The van der Waals surface area contributed by atoms with Gasteiger partial charge in [0.1, 0.15) is 0 Å². The second-order valence-electron chi connectivity index (χ2n) is 9.26. The van der Waals surface area contributed by atoms with Crippen molar-refractivity contribution in [2.75, 3.05) is 27.7 Å². The Bertz CT molecular complexity index is 320. The number of quaternary nitrogens is 1. The van der Waals surface area contributed by atoms with Crippen LogP contribution < -0.4 is 12.4 Å². The molecule has 0 bridgehead atoms. The molecule has 0 heterocycles. The molecule has 28 heavy (non-hydrogen) atoms. The van der Waals surface area contributed by atoms with E-state index < -0.39 is 5.91 Å². The predicted octanol–water partition coefficient (Wildman–Crippen LogP) is 4.03. The van der Waals surface area contributed by atoms with Crippen LogP contribution in [0.3, 0.4) is 0 Å². The summed E-state index contributed by atoms with van der Waals surface area (Å²) in [5, 5.41) is 10.5. The zero-order chi connectivity index (χ0) is 20.4. The molecule has 0 fully saturated rings. The molecule has 3 nitrogen and oxygen atoms in total. The maximum Gasteiger partial charge on any atom is 0.315 e. The summed E-state index contributed by atoms with van der Waals surface area (Å²) in [6.07, 6.45) is 22.7. The topological polar surface area (TPSA) is 29.5 Å². The first-order chi connectivity index (χ1) is 12.9. The number of aliphatic hydroxyl groups is 1. The van der Waals surface area contributed by atoms with Crippen molar-refractivity contribution in [2.24, 2.45) is 0 Å². The number of hydrogen-bond donors (Lipinski definition) is 1. The van der Waals surface area contributed by atoms with Gasteiger partial charge in [0.05, 0.1) is 34.2 Å². The van der Waals surface area contributed by atoms with Gasteiger partial charge in [-0.05, 0) is 6.42 Å². The van der Waals surface area contributed by atoms with E-state index in [1.807, 2.05) is 28.1 Å². The van der Waals surface area contributed by atoms with Gasteiger partial charge in [-0.25, -0.2) is 0 Å². The van der Waals surface area contributed by atoms with Crippen LogP contribution >= 0.6 is 0 Å². The first-order valence-corrected chi connectivity index (χ1v) is 12.0. The highest BCUT2D eigenvalue weighted by molar-refractivity contribution is 4.53. The van der Waals surface area contributed by atoms with Gasteiger partial charge in [-0.3, -0.25) is 4.48 Å². The molecule has 4 heteroatoms. The molecular formula is C24H52ClNO2. The van der Waals surface area contributed by atoms with E-state index in [0.29, 0.717) is 17.5 Å². The number of nitrogens with zero attached hydrogens (tertiary/aromatic N) is 1. The lowest BCUT2D eigenvalue weighted by Gasteiger charge is -2.40. The molecule has 0 spiro atoms. The van der Waals surface area contributed by atoms with Crippen molar-refractivity contribution in [1.29, 1.82) is 0 Å². The summed E-state index contributed by atoms with van der Waals surface area (Å²) in [5.41, 5.74) is 0. The van der Waals surface area contributed by atoms with Crippen LogP contribution in [0.15, 0.2) is 0 Å². The Labute approximate surface area is 183 Å². The smallest absolute Gasteiger partial charge is 0.315 e. The lowest BCUT2D eigenvalue weighted by Crippen LogP contribution is -3.00. The summed E-state index contributed by atoms with van der Waals surface area (Å²) in [6, 6.07) is 0. The Kier molecular flexibility index (Phi) is 20.8. The van der Waals surface area contributed by atoms with Crippen LogP contribution in [0.2, 0.25) is 0 Å². The fourth-order valence-corrected chi connectivity index (χ4v) is 3.66. The van der Waals surface area contributed by atoms with Gasteiger partial charge >= 0.3 is 5.91 Å². The van der Waals surface area contributed by atoms with Crippen LogP contribution in [0.5, 0.6) is 0 Å². The van der Waals surface area contributed by atoms with Crippen LogP contribution in [-0.2, 0) is 4.74 Å². The van der Waals surface area contributed by atoms with E-state index >= 15 is 0 Å². The minimum Gasteiger partial charge on any atom is -1.00 e. The zero-order valence-electron chi connectivity index (χ0n) is 19.9. The molecule has 0 saturated heterocycles. The Balaban J connectivity index is 0. The van der Waals surface area contributed by atoms with Gasteiger partial charge in [0.15, 0.2) is 0 Å². The minimum atomic E-state index is -1.05. The predicted molar refractivity (Wildman–Crippen MR) is 119 cm³/mol. The molecule has 0 amide bonds. The molecule has 0 aliphatic rings. The molecule has 1 atom stereocenters. The monoisotopic (exact) mass is 421 g/mol.